The Bertz CT molecular complexity index is 1030. The lowest BCUT2D eigenvalue weighted by atomic mass is 9.90. The molecule has 0 spiro atoms. The first kappa shape index (κ1) is 19.4. The van der Waals surface area contributed by atoms with Crippen LogP contribution >= 0.6 is 0 Å². The van der Waals surface area contributed by atoms with Crippen molar-refractivity contribution in [3.8, 4) is 11.1 Å². The molecule has 4 nitrogen and oxygen atoms in total. The van der Waals surface area contributed by atoms with Gasteiger partial charge in [-0.3, -0.25) is 14.9 Å². The van der Waals surface area contributed by atoms with Gasteiger partial charge in [0.05, 0.1) is 17.4 Å². The molecule has 4 heteroatoms. The fourth-order valence-corrected chi connectivity index (χ4v) is 5.19. The van der Waals surface area contributed by atoms with Gasteiger partial charge in [0, 0.05) is 25.4 Å². The first-order valence-electron chi connectivity index (χ1n) is 11.3. The Labute approximate surface area is 179 Å². The Morgan fingerprint density at radius 2 is 1.83 bits per heavy atom. The predicted octanol–water partition coefficient (Wildman–Crippen LogP) is 4.67. The highest BCUT2D eigenvalue weighted by Crippen LogP contribution is 2.39. The normalized spacial score (nSPS) is 16.9. The largest absolute Gasteiger partial charge is 0.330 e. The van der Waals surface area contributed by atoms with Crippen LogP contribution in [-0.2, 0) is 19.4 Å². The fourth-order valence-electron chi connectivity index (χ4n) is 5.19. The second-order valence-corrected chi connectivity index (χ2v) is 8.54. The molecule has 1 atom stereocenters. The van der Waals surface area contributed by atoms with Crippen LogP contribution in [0, 0.1) is 0 Å². The molecule has 1 aromatic carbocycles. The highest BCUT2D eigenvalue weighted by Gasteiger charge is 2.29. The molecule has 0 unspecified atom stereocenters. The van der Waals surface area contributed by atoms with Crippen LogP contribution in [-0.4, -0.2) is 28.0 Å². The monoisotopic (exact) mass is 398 g/mol. The summed E-state index contributed by atoms with van der Waals surface area (Å²) in [6.45, 7) is 2.67. The van der Waals surface area contributed by atoms with Crippen molar-refractivity contribution in [1.29, 1.82) is 0 Å². The van der Waals surface area contributed by atoms with Crippen molar-refractivity contribution in [2.24, 2.45) is 5.73 Å². The maximum atomic E-state index is 5.80. The van der Waals surface area contributed by atoms with Crippen molar-refractivity contribution in [1.82, 2.24) is 14.9 Å². The van der Waals surface area contributed by atoms with E-state index >= 15 is 0 Å². The maximum Gasteiger partial charge on any atom is 0.0607 e. The summed E-state index contributed by atoms with van der Waals surface area (Å²) < 4.78 is 0. The smallest absolute Gasteiger partial charge is 0.0607 e. The number of hydrogen-bond acceptors (Lipinski definition) is 4. The van der Waals surface area contributed by atoms with Gasteiger partial charge in [-0.25, -0.2) is 0 Å². The first-order chi connectivity index (χ1) is 14.8. The van der Waals surface area contributed by atoms with Gasteiger partial charge < -0.3 is 5.73 Å². The molecule has 0 saturated heterocycles. The van der Waals surface area contributed by atoms with Crippen molar-refractivity contribution in [2.45, 2.75) is 51.1 Å². The lowest BCUT2D eigenvalue weighted by Gasteiger charge is -2.35. The van der Waals surface area contributed by atoms with Crippen LogP contribution < -0.4 is 5.73 Å². The van der Waals surface area contributed by atoms with Crippen LogP contribution in [0.3, 0.4) is 0 Å². The van der Waals surface area contributed by atoms with Crippen molar-refractivity contribution in [2.75, 3.05) is 13.1 Å². The number of rotatable bonds is 7. The Morgan fingerprint density at radius 3 is 2.77 bits per heavy atom. The number of aryl methyl sites for hydroxylation is 1. The molecule has 5 rings (SSSR count). The maximum absolute atomic E-state index is 5.80. The Morgan fingerprint density at radius 1 is 0.933 bits per heavy atom. The quantitative estimate of drug-likeness (QED) is 0.460. The molecular formula is C26H30N4. The molecule has 0 amide bonds. The lowest BCUT2D eigenvalue weighted by Crippen LogP contribution is -2.33. The van der Waals surface area contributed by atoms with Crippen LogP contribution in [0.2, 0.25) is 0 Å². The minimum Gasteiger partial charge on any atom is -0.330 e. The number of benzene rings is 1. The summed E-state index contributed by atoms with van der Waals surface area (Å²) in [5.41, 5.74) is 15.3. The molecular weight excluding hydrogens is 368 g/mol. The lowest BCUT2D eigenvalue weighted by molar-refractivity contribution is 0.160. The van der Waals surface area contributed by atoms with E-state index in [1.54, 1.807) is 0 Å². The minimum atomic E-state index is 0.370. The average molecular weight is 399 g/mol. The second-order valence-electron chi connectivity index (χ2n) is 8.54. The SMILES string of the molecule is NCCCCN(Cc1nccc2c1Cc1ccccc1-2)[C@H]1CCCc2cccnc21. The molecule has 0 bridgehead atoms. The molecule has 2 heterocycles. The molecule has 30 heavy (non-hydrogen) atoms. The zero-order valence-electron chi connectivity index (χ0n) is 17.6. The highest BCUT2D eigenvalue weighted by atomic mass is 15.2. The molecule has 0 saturated carbocycles. The number of unbranched alkanes of at least 4 members (excludes halogenated alkanes) is 1. The van der Waals surface area contributed by atoms with E-state index in [9.17, 15) is 0 Å². The van der Waals surface area contributed by atoms with Crippen LogP contribution in [0.1, 0.15) is 59.8 Å². The van der Waals surface area contributed by atoms with E-state index in [-0.39, 0.29) is 0 Å². The van der Waals surface area contributed by atoms with Gasteiger partial charge in [0.25, 0.3) is 0 Å². The molecule has 154 valence electrons. The summed E-state index contributed by atoms with van der Waals surface area (Å²) in [7, 11) is 0. The third kappa shape index (κ3) is 3.66. The molecule has 0 fully saturated rings. The second kappa shape index (κ2) is 8.66. The minimum absolute atomic E-state index is 0.370. The van der Waals surface area contributed by atoms with E-state index in [1.807, 2.05) is 12.4 Å². The van der Waals surface area contributed by atoms with Gasteiger partial charge in [0.2, 0.25) is 0 Å². The first-order valence-corrected chi connectivity index (χ1v) is 11.3. The number of hydrogen-bond donors (Lipinski definition) is 1. The van der Waals surface area contributed by atoms with Gasteiger partial charge in [-0.1, -0.05) is 30.3 Å². The van der Waals surface area contributed by atoms with E-state index in [1.165, 1.54) is 52.0 Å². The standard InChI is InChI=1S/C26H30N4/c27-13-3-4-16-30(25-11-5-8-19-9-6-14-29-26(19)25)18-24-23-17-20-7-1-2-10-21(20)22(23)12-15-28-24/h1-2,6-7,9-10,12,14-15,25H,3-5,8,11,13,16-18,27H2/t25-/m0/s1. The van der Waals surface area contributed by atoms with Crippen molar-refractivity contribution >= 4 is 0 Å². The predicted molar refractivity (Wildman–Crippen MR) is 121 cm³/mol. The summed E-state index contributed by atoms with van der Waals surface area (Å²) in [6, 6.07) is 15.6. The van der Waals surface area contributed by atoms with Crippen molar-refractivity contribution < 1.29 is 0 Å². The molecule has 0 radical (unpaired) electrons. The van der Waals surface area contributed by atoms with Gasteiger partial charge >= 0.3 is 0 Å². The zero-order valence-corrected chi connectivity index (χ0v) is 17.6. The third-order valence-corrected chi connectivity index (χ3v) is 6.68. The van der Waals surface area contributed by atoms with Crippen molar-refractivity contribution in [3.05, 3.63) is 82.9 Å². The number of nitrogens with zero attached hydrogens (tertiary/aromatic N) is 3. The molecule has 2 N–H and O–H groups in total. The van der Waals surface area contributed by atoms with Crippen LogP contribution in [0.15, 0.2) is 54.9 Å². The van der Waals surface area contributed by atoms with Gasteiger partial charge in [-0.15, -0.1) is 0 Å². The van der Waals surface area contributed by atoms with E-state index in [0.717, 1.165) is 45.3 Å². The molecule has 0 aliphatic heterocycles. The summed E-state index contributed by atoms with van der Waals surface area (Å²) in [6.07, 6.45) is 10.6. The average Bonchev–Trinajstić information content (AvgIpc) is 3.18. The fraction of sp³-hybridized carbons (Fsp3) is 0.385. The van der Waals surface area contributed by atoms with E-state index in [2.05, 4.69) is 47.4 Å². The number of fused-ring (bicyclic) bond motifs is 4. The van der Waals surface area contributed by atoms with Gasteiger partial charge in [0.15, 0.2) is 0 Å². The Kier molecular flexibility index (Phi) is 5.60. The number of pyridine rings is 2. The van der Waals surface area contributed by atoms with E-state index < -0.39 is 0 Å². The van der Waals surface area contributed by atoms with E-state index in [0.29, 0.717) is 6.04 Å². The highest BCUT2D eigenvalue weighted by molar-refractivity contribution is 5.77. The van der Waals surface area contributed by atoms with Crippen LogP contribution in [0.25, 0.3) is 11.1 Å². The van der Waals surface area contributed by atoms with Gasteiger partial charge in [-0.05, 0) is 85.1 Å². The topological polar surface area (TPSA) is 55.0 Å². The summed E-state index contributed by atoms with van der Waals surface area (Å²) in [5, 5.41) is 0. The zero-order chi connectivity index (χ0) is 20.3. The number of aromatic nitrogens is 2. The van der Waals surface area contributed by atoms with E-state index in [4.69, 9.17) is 15.7 Å². The van der Waals surface area contributed by atoms with Crippen molar-refractivity contribution in [3.63, 3.8) is 0 Å². The Hall–Kier alpha value is -2.56. The van der Waals surface area contributed by atoms with Gasteiger partial charge in [0.1, 0.15) is 0 Å². The van der Waals surface area contributed by atoms with Gasteiger partial charge in [-0.2, -0.15) is 0 Å². The summed E-state index contributed by atoms with van der Waals surface area (Å²) in [5.74, 6) is 0. The molecule has 2 aliphatic carbocycles. The molecule has 3 aromatic rings. The van der Waals surface area contributed by atoms with Crippen LogP contribution in [0.5, 0.6) is 0 Å². The third-order valence-electron chi connectivity index (χ3n) is 6.68. The number of nitrogens with two attached hydrogens (primary N) is 1. The molecule has 2 aromatic heterocycles. The van der Waals surface area contributed by atoms with Crippen LogP contribution in [0.4, 0.5) is 0 Å². The Balaban J connectivity index is 1.46. The summed E-state index contributed by atoms with van der Waals surface area (Å²) >= 11 is 0. The summed E-state index contributed by atoms with van der Waals surface area (Å²) in [4.78, 5) is 12.3. The molecule has 2 aliphatic rings.